The molecule has 0 saturated carbocycles. The van der Waals surface area contributed by atoms with Crippen LogP contribution in [0.25, 0.3) is 11.4 Å². The summed E-state index contributed by atoms with van der Waals surface area (Å²) in [5.41, 5.74) is 0.0618. The van der Waals surface area contributed by atoms with Gasteiger partial charge in [0.15, 0.2) is 5.82 Å². The molecule has 2 rings (SSSR count). The van der Waals surface area contributed by atoms with E-state index in [-0.39, 0.29) is 23.0 Å². The summed E-state index contributed by atoms with van der Waals surface area (Å²) in [6.07, 6.45) is 0. The molecule has 1 aromatic heterocycles. The highest BCUT2D eigenvalue weighted by Gasteiger charge is 2.20. The molecule has 0 radical (unpaired) electrons. The summed E-state index contributed by atoms with van der Waals surface area (Å²) in [6, 6.07) is 4.22. The third kappa shape index (κ3) is 2.70. The molecule has 0 saturated heterocycles. The summed E-state index contributed by atoms with van der Waals surface area (Å²) >= 11 is 5.93. The van der Waals surface area contributed by atoms with Crippen LogP contribution in [0, 0.1) is 11.7 Å². The first-order valence-corrected chi connectivity index (χ1v) is 5.82. The molecule has 0 aliphatic carbocycles. The van der Waals surface area contributed by atoms with Crippen molar-refractivity contribution in [3.05, 3.63) is 29.0 Å². The van der Waals surface area contributed by atoms with Gasteiger partial charge in [-0.1, -0.05) is 24.6 Å². The summed E-state index contributed by atoms with van der Waals surface area (Å²) in [5, 5.41) is 19.8. The van der Waals surface area contributed by atoms with Crippen molar-refractivity contribution in [3.8, 4) is 11.4 Å². The zero-order chi connectivity index (χ0) is 14.0. The molecule has 0 aliphatic rings. The highest BCUT2D eigenvalue weighted by atomic mass is 35.5. The van der Waals surface area contributed by atoms with E-state index in [0.717, 1.165) is 0 Å². The standard InChI is InChI=1S/C11H10ClFN4O2/c1-6(11(18)19)5-17-10(14-15-16-17)9-7(12)3-2-4-8(9)13/h2-4,6H,5H2,1H3,(H,18,19). The van der Waals surface area contributed by atoms with Gasteiger partial charge in [0.05, 0.1) is 23.0 Å². The normalized spacial score (nSPS) is 12.4. The van der Waals surface area contributed by atoms with Crippen molar-refractivity contribution in [2.75, 3.05) is 0 Å². The first kappa shape index (κ1) is 13.4. The Labute approximate surface area is 112 Å². The van der Waals surface area contributed by atoms with Gasteiger partial charge in [0.1, 0.15) is 5.82 Å². The zero-order valence-corrected chi connectivity index (χ0v) is 10.7. The maximum absolute atomic E-state index is 13.8. The summed E-state index contributed by atoms with van der Waals surface area (Å²) in [6.45, 7) is 1.54. The molecule has 100 valence electrons. The van der Waals surface area contributed by atoms with Crippen molar-refractivity contribution in [1.29, 1.82) is 0 Å². The Hall–Kier alpha value is -2.02. The minimum absolute atomic E-state index is 0.0301. The zero-order valence-electron chi connectivity index (χ0n) is 9.92. The van der Waals surface area contributed by atoms with Crippen LogP contribution in [0.5, 0.6) is 0 Å². The fourth-order valence-corrected chi connectivity index (χ4v) is 1.80. The Morgan fingerprint density at radius 3 is 2.95 bits per heavy atom. The number of benzene rings is 1. The Bertz CT molecular complexity index is 596. The average molecular weight is 285 g/mol. The largest absolute Gasteiger partial charge is 0.481 e. The first-order valence-electron chi connectivity index (χ1n) is 5.44. The number of nitrogens with zero attached hydrogens (tertiary/aromatic N) is 4. The van der Waals surface area contributed by atoms with Crippen LogP contribution in [0.2, 0.25) is 5.02 Å². The van der Waals surface area contributed by atoms with Gasteiger partial charge in [-0.05, 0) is 22.6 Å². The van der Waals surface area contributed by atoms with Crippen LogP contribution in [-0.4, -0.2) is 31.3 Å². The van der Waals surface area contributed by atoms with Crippen LogP contribution in [0.3, 0.4) is 0 Å². The number of halogens is 2. The molecule has 1 N–H and O–H groups in total. The number of tetrazole rings is 1. The lowest BCUT2D eigenvalue weighted by molar-refractivity contribution is -0.141. The van der Waals surface area contributed by atoms with Crippen molar-refractivity contribution in [2.24, 2.45) is 5.92 Å². The van der Waals surface area contributed by atoms with Crippen LogP contribution in [0.15, 0.2) is 18.2 Å². The lowest BCUT2D eigenvalue weighted by atomic mass is 10.1. The SMILES string of the molecule is CC(Cn1nnnc1-c1c(F)cccc1Cl)C(=O)O. The number of carboxylic acids is 1. The highest BCUT2D eigenvalue weighted by molar-refractivity contribution is 6.33. The number of carboxylic acid groups (broad SMARTS) is 1. The molecule has 0 spiro atoms. The van der Waals surface area contributed by atoms with Crippen molar-refractivity contribution in [1.82, 2.24) is 20.2 Å². The van der Waals surface area contributed by atoms with Gasteiger partial charge in [0.25, 0.3) is 0 Å². The van der Waals surface area contributed by atoms with Gasteiger partial charge >= 0.3 is 5.97 Å². The minimum atomic E-state index is -0.985. The van der Waals surface area contributed by atoms with Crippen LogP contribution in [-0.2, 0) is 11.3 Å². The van der Waals surface area contributed by atoms with Crippen molar-refractivity contribution >= 4 is 17.6 Å². The van der Waals surface area contributed by atoms with Gasteiger partial charge in [0, 0.05) is 0 Å². The Morgan fingerprint density at radius 1 is 1.58 bits per heavy atom. The predicted molar refractivity (Wildman–Crippen MR) is 65.0 cm³/mol. The van der Waals surface area contributed by atoms with Crippen LogP contribution in [0.1, 0.15) is 6.92 Å². The maximum Gasteiger partial charge on any atom is 0.308 e. The van der Waals surface area contributed by atoms with Gasteiger partial charge in [-0.15, -0.1) is 5.10 Å². The van der Waals surface area contributed by atoms with E-state index in [1.54, 1.807) is 0 Å². The molecule has 1 atom stereocenters. The molecule has 6 nitrogen and oxygen atoms in total. The van der Waals surface area contributed by atoms with E-state index in [0.29, 0.717) is 0 Å². The Morgan fingerprint density at radius 2 is 2.32 bits per heavy atom. The van der Waals surface area contributed by atoms with Crippen molar-refractivity contribution in [2.45, 2.75) is 13.5 Å². The number of aliphatic carboxylic acids is 1. The third-order valence-corrected chi connectivity index (χ3v) is 2.90. The predicted octanol–water partition coefficient (Wildman–Crippen LogP) is 1.85. The van der Waals surface area contributed by atoms with Gasteiger partial charge in [-0.25, -0.2) is 9.07 Å². The van der Waals surface area contributed by atoms with E-state index in [1.807, 2.05) is 0 Å². The number of rotatable bonds is 4. The molecular formula is C11H10ClFN4O2. The minimum Gasteiger partial charge on any atom is -0.481 e. The Balaban J connectivity index is 2.42. The van der Waals surface area contributed by atoms with E-state index in [4.69, 9.17) is 16.7 Å². The second kappa shape index (κ2) is 5.31. The fraction of sp³-hybridized carbons (Fsp3) is 0.273. The molecule has 0 fully saturated rings. The quantitative estimate of drug-likeness (QED) is 0.927. The van der Waals surface area contributed by atoms with E-state index in [9.17, 15) is 9.18 Å². The molecule has 1 unspecified atom stereocenters. The molecule has 1 aromatic carbocycles. The molecule has 0 amide bonds. The van der Waals surface area contributed by atoms with Crippen LogP contribution >= 0.6 is 11.6 Å². The van der Waals surface area contributed by atoms with Crippen LogP contribution < -0.4 is 0 Å². The monoisotopic (exact) mass is 284 g/mol. The molecule has 19 heavy (non-hydrogen) atoms. The van der Waals surface area contributed by atoms with Crippen molar-refractivity contribution < 1.29 is 14.3 Å². The van der Waals surface area contributed by atoms with Gasteiger partial charge in [0.2, 0.25) is 0 Å². The molecular weight excluding hydrogens is 275 g/mol. The second-order valence-electron chi connectivity index (χ2n) is 4.02. The Kier molecular flexibility index (Phi) is 3.75. The summed E-state index contributed by atoms with van der Waals surface area (Å²) in [5.74, 6) is -2.14. The van der Waals surface area contributed by atoms with Gasteiger partial charge in [-0.3, -0.25) is 4.79 Å². The average Bonchev–Trinajstić information content (AvgIpc) is 2.77. The number of hydrogen-bond donors (Lipinski definition) is 1. The van der Waals surface area contributed by atoms with E-state index in [1.165, 1.54) is 29.8 Å². The molecule has 0 aliphatic heterocycles. The number of aromatic nitrogens is 4. The van der Waals surface area contributed by atoms with Crippen LogP contribution in [0.4, 0.5) is 4.39 Å². The van der Waals surface area contributed by atoms with E-state index in [2.05, 4.69) is 15.5 Å². The highest BCUT2D eigenvalue weighted by Crippen LogP contribution is 2.28. The summed E-state index contributed by atoms with van der Waals surface area (Å²) in [7, 11) is 0. The fourth-order valence-electron chi connectivity index (χ4n) is 1.56. The molecule has 1 heterocycles. The van der Waals surface area contributed by atoms with Crippen molar-refractivity contribution in [3.63, 3.8) is 0 Å². The number of hydrogen-bond acceptors (Lipinski definition) is 4. The lowest BCUT2D eigenvalue weighted by Crippen LogP contribution is -2.18. The second-order valence-corrected chi connectivity index (χ2v) is 4.43. The lowest BCUT2D eigenvalue weighted by Gasteiger charge is -2.09. The summed E-state index contributed by atoms with van der Waals surface area (Å²) in [4.78, 5) is 10.8. The molecule has 2 aromatic rings. The topological polar surface area (TPSA) is 80.9 Å². The van der Waals surface area contributed by atoms with E-state index < -0.39 is 17.7 Å². The molecule has 8 heteroatoms. The van der Waals surface area contributed by atoms with Gasteiger partial charge < -0.3 is 5.11 Å². The van der Waals surface area contributed by atoms with Gasteiger partial charge in [-0.2, -0.15) is 0 Å². The maximum atomic E-state index is 13.8. The smallest absolute Gasteiger partial charge is 0.308 e. The molecule has 0 bridgehead atoms. The summed E-state index contributed by atoms with van der Waals surface area (Å²) < 4.78 is 15.0. The van der Waals surface area contributed by atoms with E-state index >= 15 is 0 Å². The first-order chi connectivity index (χ1) is 9.00. The third-order valence-electron chi connectivity index (χ3n) is 2.59. The number of carbonyl (C=O) groups is 1.